The minimum atomic E-state index is -0.0739. The van der Waals surface area contributed by atoms with E-state index in [2.05, 4.69) is 5.32 Å². The zero-order chi connectivity index (χ0) is 14.6. The molecule has 1 N–H and O–H groups in total. The standard InChI is InChI=1S/C16H19N3O2/c1-17-15(20)13-11-7-8-12-14(13)18(16(21)19(11)12)9-10-5-3-2-4-6-10/h2-6,11-14H,7-9H2,1H3,(H,17,20). The minimum Gasteiger partial charge on any atom is -0.359 e. The Balaban J connectivity index is 1.64. The largest absolute Gasteiger partial charge is 0.359 e. The molecule has 0 radical (unpaired) electrons. The van der Waals surface area contributed by atoms with Gasteiger partial charge in [-0.3, -0.25) is 4.79 Å². The first-order valence-corrected chi connectivity index (χ1v) is 7.57. The van der Waals surface area contributed by atoms with Crippen LogP contribution in [-0.2, 0) is 11.3 Å². The highest BCUT2D eigenvalue weighted by molar-refractivity contribution is 5.88. The van der Waals surface area contributed by atoms with Gasteiger partial charge in [-0.1, -0.05) is 30.3 Å². The SMILES string of the molecule is CNC(=O)C1C2C3CCC1N3C(=O)N2Cc1ccccc1. The number of nitrogens with one attached hydrogen (secondary N) is 1. The lowest BCUT2D eigenvalue weighted by molar-refractivity contribution is -0.127. The summed E-state index contributed by atoms with van der Waals surface area (Å²) >= 11 is 0. The molecule has 110 valence electrons. The molecule has 21 heavy (non-hydrogen) atoms. The fourth-order valence-electron chi connectivity index (χ4n) is 4.43. The summed E-state index contributed by atoms with van der Waals surface area (Å²) in [5, 5.41) is 2.77. The maximum atomic E-state index is 12.6. The Bertz CT molecular complexity index is 588. The summed E-state index contributed by atoms with van der Waals surface area (Å²) in [4.78, 5) is 28.7. The number of hydrogen-bond acceptors (Lipinski definition) is 2. The molecular weight excluding hydrogens is 266 g/mol. The summed E-state index contributed by atoms with van der Waals surface area (Å²) in [6.45, 7) is 0.595. The second kappa shape index (κ2) is 4.48. The van der Waals surface area contributed by atoms with Gasteiger partial charge in [0, 0.05) is 19.6 Å². The molecule has 0 aliphatic carbocycles. The monoisotopic (exact) mass is 285 g/mol. The zero-order valence-corrected chi connectivity index (χ0v) is 12.0. The lowest BCUT2D eigenvalue weighted by Crippen LogP contribution is -2.55. The summed E-state index contributed by atoms with van der Waals surface area (Å²) in [6.07, 6.45) is 1.99. The van der Waals surface area contributed by atoms with Crippen LogP contribution in [0.1, 0.15) is 18.4 Å². The molecule has 3 saturated heterocycles. The number of amides is 3. The summed E-state index contributed by atoms with van der Waals surface area (Å²) in [5.41, 5.74) is 1.12. The number of carbonyl (C=O) groups excluding carboxylic acids is 2. The normalized spacial score (nSPS) is 32.9. The Morgan fingerprint density at radius 2 is 1.95 bits per heavy atom. The van der Waals surface area contributed by atoms with Crippen molar-refractivity contribution in [3.8, 4) is 0 Å². The first-order valence-electron chi connectivity index (χ1n) is 7.57. The fraction of sp³-hybridized carbons (Fsp3) is 0.500. The molecule has 1 aromatic rings. The van der Waals surface area contributed by atoms with Crippen LogP contribution in [0.4, 0.5) is 4.79 Å². The van der Waals surface area contributed by atoms with E-state index < -0.39 is 0 Å². The Hall–Kier alpha value is -2.04. The topological polar surface area (TPSA) is 52.7 Å². The average molecular weight is 285 g/mol. The number of urea groups is 1. The van der Waals surface area contributed by atoms with E-state index in [9.17, 15) is 9.59 Å². The van der Waals surface area contributed by atoms with E-state index in [1.807, 2.05) is 40.1 Å². The maximum absolute atomic E-state index is 12.6. The predicted octanol–water partition coefficient (Wildman–Crippen LogP) is 1.20. The van der Waals surface area contributed by atoms with Gasteiger partial charge in [0.05, 0.1) is 18.0 Å². The van der Waals surface area contributed by atoms with Crippen LogP contribution in [0.3, 0.4) is 0 Å². The van der Waals surface area contributed by atoms with Gasteiger partial charge in [-0.2, -0.15) is 0 Å². The highest BCUT2D eigenvalue weighted by Gasteiger charge is 2.65. The maximum Gasteiger partial charge on any atom is 0.321 e. The van der Waals surface area contributed by atoms with E-state index in [1.54, 1.807) is 7.05 Å². The average Bonchev–Trinajstić information content (AvgIpc) is 3.15. The Morgan fingerprint density at radius 1 is 1.24 bits per heavy atom. The van der Waals surface area contributed by atoms with Gasteiger partial charge in [-0.05, 0) is 18.4 Å². The van der Waals surface area contributed by atoms with Gasteiger partial charge in [0.1, 0.15) is 0 Å². The van der Waals surface area contributed by atoms with E-state index in [1.165, 1.54) is 0 Å². The summed E-state index contributed by atoms with van der Waals surface area (Å²) in [7, 11) is 1.68. The molecule has 3 fully saturated rings. The van der Waals surface area contributed by atoms with Crippen molar-refractivity contribution in [2.45, 2.75) is 37.5 Å². The van der Waals surface area contributed by atoms with Gasteiger partial charge in [0.25, 0.3) is 0 Å². The summed E-state index contributed by atoms with van der Waals surface area (Å²) in [6, 6.07) is 10.5. The fourth-order valence-corrected chi connectivity index (χ4v) is 4.43. The van der Waals surface area contributed by atoms with Crippen LogP contribution in [0, 0.1) is 5.92 Å². The molecule has 3 heterocycles. The number of benzene rings is 1. The third kappa shape index (κ3) is 1.63. The molecule has 5 nitrogen and oxygen atoms in total. The van der Waals surface area contributed by atoms with Crippen molar-refractivity contribution < 1.29 is 9.59 Å². The number of carbonyl (C=O) groups is 2. The van der Waals surface area contributed by atoms with E-state index in [-0.39, 0.29) is 36.0 Å². The molecule has 5 heteroatoms. The molecule has 4 atom stereocenters. The van der Waals surface area contributed by atoms with Crippen molar-refractivity contribution in [1.82, 2.24) is 15.1 Å². The number of rotatable bonds is 3. The van der Waals surface area contributed by atoms with Crippen LogP contribution in [0.5, 0.6) is 0 Å². The number of hydrogen-bond donors (Lipinski definition) is 1. The molecule has 0 saturated carbocycles. The minimum absolute atomic E-state index is 0.0383. The molecule has 3 amide bonds. The van der Waals surface area contributed by atoms with Crippen LogP contribution >= 0.6 is 0 Å². The van der Waals surface area contributed by atoms with Crippen molar-refractivity contribution in [2.75, 3.05) is 7.05 Å². The Kier molecular flexibility index (Phi) is 2.71. The van der Waals surface area contributed by atoms with E-state index in [0.717, 1.165) is 18.4 Å². The third-order valence-corrected chi connectivity index (χ3v) is 5.22. The van der Waals surface area contributed by atoms with E-state index in [4.69, 9.17) is 0 Å². The van der Waals surface area contributed by atoms with E-state index in [0.29, 0.717) is 6.54 Å². The van der Waals surface area contributed by atoms with Gasteiger partial charge < -0.3 is 15.1 Å². The number of nitrogens with zero attached hydrogens (tertiary/aromatic N) is 2. The summed E-state index contributed by atoms with van der Waals surface area (Å²) < 4.78 is 0. The quantitative estimate of drug-likeness (QED) is 0.907. The highest BCUT2D eigenvalue weighted by Crippen LogP contribution is 2.50. The molecule has 0 aromatic heterocycles. The highest BCUT2D eigenvalue weighted by atomic mass is 16.2. The first kappa shape index (κ1) is 12.7. The van der Waals surface area contributed by atoms with Crippen LogP contribution in [-0.4, -0.2) is 46.9 Å². The predicted molar refractivity (Wildman–Crippen MR) is 77.4 cm³/mol. The second-order valence-electron chi connectivity index (χ2n) is 6.15. The molecule has 0 spiro atoms. The van der Waals surface area contributed by atoms with Gasteiger partial charge in [0.2, 0.25) is 5.91 Å². The summed E-state index contributed by atoms with van der Waals surface area (Å²) in [5.74, 6) is -0.00192. The molecular formula is C16H19N3O2. The third-order valence-electron chi connectivity index (χ3n) is 5.22. The van der Waals surface area contributed by atoms with Gasteiger partial charge >= 0.3 is 6.03 Å². The smallest absolute Gasteiger partial charge is 0.321 e. The van der Waals surface area contributed by atoms with Crippen LogP contribution in [0.2, 0.25) is 0 Å². The second-order valence-corrected chi connectivity index (χ2v) is 6.15. The molecule has 3 aliphatic heterocycles. The van der Waals surface area contributed by atoms with Crippen molar-refractivity contribution in [3.63, 3.8) is 0 Å². The Morgan fingerprint density at radius 3 is 2.62 bits per heavy atom. The van der Waals surface area contributed by atoms with E-state index >= 15 is 0 Å². The molecule has 4 unspecified atom stereocenters. The molecule has 4 bridgehead atoms. The molecule has 3 aliphatic rings. The zero-order valence-electron chi connectivity index (χ0n) is 12.0. The van der Waals surface area contributed by atoms with Crippen LogP contribution in [0.25, 0.3) is 0 Å². The lowest BCUT2D eigenvalue weighted by Gasteiger charge is -2.38. The Labute approximate surface area is 123 Å². The van der Waals surface area contributed by atoms with Gasteiger partial charge in [-0.15, -0.1) is 0 Å². The molecule has 4 rings (SSSR count). The van der Waals surface area contributed by atoms with Crippen molar-refractivity contribution in [1.29, 1.82) is 0 Å². The van der Waals surface area contributed by atoms with Crippen LogP contribution in [0.15, 0.2) is 30.3 Å². The van der Waals surface area contributed by atoms with Gasteiger partial charge in [-0.25, -0.2) is 4.79 Å². The van der Waals surface area contributed by atoms with Crippen molar-refractivity contribution >= 4 is 11.9 Å². The first-order chi connectivity index (χ1) is 10.2. The van der Waals surface area contributed by atoms with Crippen LogP contribution < -0.4 is 5.32 Å². The van der Waals surface area contributed by atoms with Crippen molar-refractivity contribution in [3.05, 3.63) is 35.9 Å². The molecule has 1 aromatic carbocycles. The lowest BCUT2D eigenvalue weighted by atomic mass is 9.82. The van der Waals surface area contributed by atoms with Crippen molar-refractivity contribution in [2.24, 2.45) is 5.92 Å². The van der Waals surface area contributed by atoms with Gasteiger partial charge in [0.15, 0.2) is 0 Å².